The van der Waals surface area contributed by atoms with E-state index in [1.165, 1.54) is 35.5 Å². The quantitative estimate of drug-likeness (QED) is 0.633. The van der Waals surface area contributed by atoms with Crippen LogP contribution in [-0.2, 0) is 10.0 Å². The lowest BCUT2D eigenvalue weighted by Crippen LogP contribution is -2.50. The SMILES string of the molecule is CC(=O)c1ccc(S(=O)(=O)N2CC(n3cc(-c4ccccc4)nn3)C2)cc1. The van der Waals surface area contributed by atoms with E-state index in [0.29, 0.717) is 18.7 Å². The maximum absolute atomic E-state index is 12.7. The molecular weight excluding hydrogens is 364 g/mol. The van der Waals surface area contributed by atoms with Gasteiger partial charge in [-0.15, -0.1) is 5.10 Å². The van der Waals surface area contributed by atoms with Gasteiger partial charge in [0.25, 0.3) is 0 Å². The van der Waals surface area contributed by atoms with Crippen LogP contribution < -0.4 is 0 Å². The van der Waals surface area contributed by atoms with Crippen LogP contribution in [0.4, 0.5) is 0 Å². The monoisotopic (exact) mass is 382 g/mol. The molecule has 1 aromatic heterocycles. The summed E-state index contributed by atoms with van der Waals surface area (Å²) in [5, 5.41) is 8.32. The van der Waals surface area contributed by atoms with Gasteiger partial charge in [0, 0.05) is 24.2 Å². The molecule has 27 heavy (non-hydrogen) atoms. The average molecular weight is 382 g/mol. The van der Waals surface area contributed by atoms with Gasteiger partial charge in [-0.1, -0.05) is 47.7 Å². The van der Waals surface area contributed by atoms with Crippen LogP contribution in [0, 0.1) is 0 Å². The summed E-state index contributed by atoms with van der Waals surface area (Å²) >= 11 is 0. The summed E-state index contributed by atoms with van der Waals surface area (Å²) in [5.41, 5.74) is 2.22. The Bertz CT molecular complexity index is 1070. The molecule has 0 unspecified atom stereocenters. The zero-order valence-electron chi connectivity index (χ0n) is 14.7. The van der Waals surface area contributed by atoms with E-state index in [1.54, 1.807) is 4.68 Å². The van der Waals surface area contributed by atoms with E-state index in [2.05, 4.69) is 10.3 Å². The summed E-state index contributed by atoms with van der Waals surface area (Å²) in [5.74, 6) is -0.0941. The largest absolute Gasteiger partial charge is 0.295 e. The Hall–Kier alpha value is -2.84. The van der Waals surface area contributed by atoms with Crippen molar-refractivity contribution >= 4 is 15.8 Å². The van der Waals surface area contributed by atoms with Gasteiger partial charge >= 0.3 is 0 Å². The molecule has 0 radical (unpaired) electrons. The van der Waals surface area contributed by atoms with Gasteiger partial charge in [0.1, 0.15) is 5.69 Å². The van der Waals surface area contributed by atoms with E-state index >= 15 is 0 Å². The van der Waals surface area contributed by atoms with Crippen LogP contribution in [-0.4, -0.2) is 46.6 Å². The summed E-state index contributed by atoms with van der Waals surface area (Å²) in [4.78, 5) is 11.5. The molecule has 3 aromatic rings. The molecule has 1 fully saturated rings. The molecule has 0 amide bonds. The average Bonchev–Trinajstić information content (AvgIpc) is 3.10. The highest BCUT2D eigenvalue weighted by atomic mass is 32.2. The van der Waals surface area contributed by atoms with E-state index in [9.17, 15) is 13.2 Å². The summed E-state index contributed by atoms with van der Waals surface area (Å²) in [6.45, 7) is 2.13. The molecule has 0 N–H and O–H groups in total. The Morgan fingerprint density at radius 3 is 2.33 bits per heavy atom. The van der Waals surface area contributed by atoms with Gasteiger partial charge in [-0.25, -0.2) is 13.1 Å². The number of hydrogen-bond acceptors (Lipinski definition) is 5. The molecule has 1 saturated heterocycles. The Morgan fingerprint density at radius 1 is 1.04 bits per heavy atom. The van der Waals surface area contributed by atoms with Gasteiger partial charge in [-0.05, 0) is 19.1 Å². The summed E-state index contributed by atoms with van der Waals surface area (Å²) < 4.78 is 28.5. The predicted octanol–water partition coefficient (Wildman–Crippen LogP) is 2.39. The minimum Gasteiger partial charge on any atom is -0.295 e. The second-order valence-corrected chi connectivity index (χ2v) is 8.44. The highest BCUT2D eigenvalue weighted by molar-refractivity contribution is 7.89. The molecule has 0 bridgehead atoms. The number of hydrogen-bond donors (Lipinski definition) is 0. The maximum atomic E-state index is 12.7. The first-order chi connectivity index (χ1) is 12.9. The fraction of sp³-hybridized carbons (Fsp3) is 0.211. The van der Waals surface area contributed by atoms with Crippen LogP contribution in [0.15, 0.2) is 65.7 Å². The second kappa shape index (κ2) is 6.71. The third kappa shape index (κ3) is 3.29. The maximum Gasteiger partial charge on any atom is 0.243 e. The smallest absolute Gasteiger partial charge is 0.243 e. The third-order valence-corrected chi connectivity index (χ3v) is 6.53. The Labute approximate surface area is 157 Å². The van der Waals surface area contributed by atoms with Gasteiger partial charge in [0.2, 0.25) is 10.0 Å². The van der Waals surface area contributed by atoms with Crippen molar-refractivity contribution in [3.05, 3.63) is 66.4 Å². The van der Waals surface area contributed by atoms with Gasteiger partial charge in [0.05, 0.1) is 17.1 Å². The van der Waals surface area contributed by atoms with Crippen molar-refractivity contribution in [3.63, 3.8) is 0 Å². The number of Topliss-reactive ketones (excluding diaryl/α,β-unsaturated/α-hetero) is 1. The van der Waals surface area contributed by atoms with Crippen molar-refractivity contribution in [1.29, 1.82) is 0 Å². The molecule has 2 aromatic carbocycles. The van der Waals surface area contributed by atoms with Crippen LogP contribution in [0.5, 0.6) is 0 Å². The van der Waals surface area contributed by atoms with Gasteiger partial charge in [-0.2, -0.15) is 4.31 Å². The number of carbonyl (C=O) groups excluding carboxylic acids is 1. The van der Waals surface area contributed by atoms with E-state index in [0.717, 1.165) is 11.3 Å². The summed E-state index contributed by atoms with van der Waals surface area (Å²) in [7, 11) is -3.57. The normalized spacial score (nSPS) is 15.4. The van der Waals surface area contributed by atoms with Crippen LogP contribution >= 0.6 is 0 Å². The predicted molar refractivity (Wildman–Crippen MR) is 99.7 cm³/mol. The zero-order valence-corrected chi connectivity index (χ0v) is 15.5. The highest BCUT2D eigenvalue weighted by Crippen LogP contribution is 2.29. The standard InChI is InChI=1S/C19H18N4O3S/c1-14(24)15-7-9-18(10-8-15)27(25,26)22-11-17(12-22)23-13-19(20-21-23)16-5-3-2-4-6-16/h2-10,13,17H,11-12H2,1H3. The number of nitrogens with zero attached hydrogens (tertiary/aromatic N) is 4. The molecule has 1 aliphatic heterocycles. The van der Waals surface area contributed by atoms with E-state index in [1.807, 2.05) is 36.5 Å². The lowest BCUT2D eigenvalue weighted by atomic mass is 10.1. The number of aromatic nitrogens is 3. The molecule has 7 nitrogen and oxygen atoms in total. The number of carbonyl (C=O) groups is 1. The molecular formula is C19H18N4O3S. The van der Waals surface area contributed by atoms with Crippen molar-refractivity contribution in [2.45, 2.75) is 17.9 Å². The van der Waals surface area contributed by atoms with E-state index in [4.69, 9.17) is 0 Å². The first-order valence-corrected chi connectivity index (χ1v) is 9.97. The van der Waals surface area contributed by atoms with Gasteiger partial charge < -0.3 is 0 Å². The highest BCUT2D eigenvalue weighted by Gasteiger charge is 2.38. The number of ketones is 1. The Kier molecular flexibility index (Phi) is 4.37. The molecule has 138 valence electrons. The minimum atomic E-state index is -3.57. The van der Waals surface area contributed by atoms with Crippen LogP contribution in [0.1, 0.15) is 23.3 Å². The second-order valence-electron chi connectivity index (χ2n) is 6.51. The molecule has 0 aliphatic carbocycles. The van der Waals surface area contributed by atoms with Crippen LogP contribution in [0.3, 0.4) is 0 Å². The molecule has 8 heteroatoms. The Morgan fingerprint density at radius 2 is 1.70 bits per heavy atom. The number of rotatable bonds is 5. The molecule has 0 spiro atoms. The fourth-order valence-corrected chi connectivity index (χ4v) is 4.50. The van der Waals surface area contributed by atoms with Crippen molar-refractivity contribution in [3.8, 4) is 11.3 Å². The lowest BCUT2D eigenvalue weighted by Gasteiger charge is -2.37. The minimum absolute atomic E-state index is 0.0405. The van der Waals surface area contributed by atoms with E-state index in [-0.39, 0.29) is 16.7 Å². The van der Waals surface area contributed by atoms with Crippen LogP contribution in [0.25, 0.3) is 11.3 Å². The first kappa shape index (κ1) is 17.6. The molecule has 2 heterocycles. The van der Waals surface area contributed by atoms with Crippen molar-refractivity contribution in [1.82, 2.24) is 19.3 Å². The number of sulfonamides is 1. The fourth-order valence-electron chi connectivity index (χ4n) is 2.99. The first-order valence-electron chi connectivity index (χ1n) is 8.53. The molecule has 4 rings (SSSR count). The zero-order chi connectivity index (χ0) is 19.0. The third-order valence-electron chi connectivity index (χ3n) is 4.68. The summed E-state index contributed by atoms with van der Waals surface area (Å²) in [6, 6.07) is 15.7. The van der Waals surface area contributed by atoms with Gasteiger partial charge in [0.15, 0.2) is 5.78 Å². The van der Waals surface area contributed by atoms with Crippen LogP contribution in [0.2, 0.25) is 0 Å². The van der Waals surface area contributed by atoms with Crippen molar-refractivity contribution in [2.24, 2.45) is 0 Å². The van der Waals surface area contributed by atoms with Crippen molar-refractivity contribution in [2.75, 3.05) is 13.1 Å². The molecule has 1 aliphatic rings. The molecule has 0 atom stereocenters. The van der Waals surface area contributed by atoms with Gasteiger partial charge in [-0.3, -0.25) is 4.79 Å². The lowest BCUT2D eigenvalue weighted by molar-refractivity contribution is 0.101. The van der Waals surface area contributed by atoms with E-state index < -0.39 is 10.0 Å². The topological polar surface area (TPSA) is 85.2 Å². The summed E-state index contributed by atoms with van der Waals surface area (Å²) in [6.07, 6.45) is 1.84. The Balaban J connectivity index is 1.46. The molecule has 0 saturated carbocycles. The number of benzene rings is 2. The van der Waals surface area contributed by atoms with Crippen molar-refractivity contribution < 1.29 is 13.2 Å².